The molecule has 0 spiro atoms. The van der Waals surface area contributed by atoms with E-state index in [1.165, 1.54) is 6.07 Å². The third-order valence-electron chi connectivity index (χ3n) is 3.59. The molecule has 0 radical (unpaired) electrons. The standard InChI is InChI=1S/C18H11FN2O2/c19-14-7-3-1-6-13(14)17-21-16(18(22)23-17)9-11-10-20-15-8-4-2-5-12(11)15/h1-10,22H/b11-9+. The number of allylic oxidation sites excluding steroid dienone is 1. The van der Waals surface area contributed by atoms with Gasteiger partial charge < -0.3 is 9.52 Å². The number of fused-ring (bicyclic) bond motifs is 1. The van der Waals surface area contributed by atoms with Crippen LogP contribution in [0.4, 0.5) is 10.1 Å². The zero-order chi connectivity index (χ0) is 15.8. The molecular formula is C18H11FN2O2. The molecule has 4 nitrogen and oxygen atoms in total. The second kappa shape index (κ2) is 5.21. The summed E-state index contributed by atoms with van der Waals surface area (Å²) >= 11 is 0. The molecule has 1 aliphatic rings. The highest BCUT2D eigenvalue weighted by Crippen LogP contribution is 2.35. The number of aromatic nitrogens is 1. The van der Waals surface area contributed by atoms with Crippen molar-refractivity contribution in [1.82, 2.24) is 4.98 Å². The number of para-hydroxylation sites is 1. The van der Waals surface area contributed by atoms with Gasteiger partial charge in [0.1, 0.15) is 11.5 Å². The van der Waals surface area contributed by atoms with Gasteiger partial charge in [0.2, 0.25) is 5.89 Å². The number of benzene rings is 2. The first-order valence-electron chi connectivity index (χ1n) is 7.02. The second-order valence-electron chi connectivity index (χ2n) is 5.06. The number of aromatic hydroxyl groups is 1. The summed E-state index contributed by atoms with van der Waals surface area (Å²) in [6.07, 6.45) is 3.36. The van der Waals surface area contributed by atoms with E-state index < -0.39 is 5.82 Å². The van der Waals surface area contributed by atoms with E-state index in [0.717, 1.165) is 16.8 Å². The van der Waals surface area contributed by atoms with E-state index in [4.69, 9.17) is 4.42 Å². The van der Waals surface area contributed by atoms with Gasteiger partial charge in [0.05, 0.1) is 11.3 Å². The van der Waals surface area contributed by atoms with Crippen molar-refractivity contribution in [2.24, 2.45) is 4.99 Å². The van der Waals surface area contributed by atoms with E-state index in [0.29, 0.717) is 0 Å². The van der Waals surface area contributed by atoms with Crippen LogP contribution in [0.3, 0.4) is 0 Å². The van der Waals surface area contributed by atoms with Crippen LogP contribution in [0.5, 0.6) is 5.95 Å². The summed E-state index contributed by atoms with van der Waals surface area (Å²) in [5.41, 5.74) is 3.05. The van der Waals surface area contributed by atoms with Gasteiger partial charge in [0.15, 0.2) is 0 Å². The maximum Gasteiger partial charge on any atom is 0.310 e. The molecule has 0 amide bonds. The highest BCUT2D eigenvalue weighted by atomic mass is 19.1. The topological polar surface area (TPSA) is 58.6 Å². The Labute approximate surface area is 131 Å². The minimum atomic E-state index is -0.458. The van der Waals surface area contributed by atoms with Crippen LogP contribution >= 0.6 is 0 Å². The molecule has 0 fully saturated rings. The first-order valence-corrected chi connectivity index (χ1v) is 7.02. The predicted molar refractivity (Wildman–Crippen MR) is 86.0 cm³/mol. The molecule has 0 atom stereocenters. The maximum absolute atomic E-state index is 13.8. The average Bonchev–Trinajstić information content (AvgIpc) is 3.13. The molecule has 0 unspecified atom stereocenters. The SMILES string of the molecule is Oc1oc(-c2ccccc2F)nc1/C=C1\C=Nc2ccccc21. The van der Waals surface area contributed by atoms with Crippen molar-refractivity contribution >= 4 is 23.6 Å². The molecule has 1 N–H and O–H groups in total. The Bertz CT molecular complexity index is 957. The Balaban J connectivity index is 1.77. The summed E-state index contributed by atoms with van der Waals surface area (Å²) in [4.78, 5) is 8.47. The van der Waals surface area contributed by atoms with Crippen LogP contribution in [0, 0.1) is 5.82 Å². The predicted octanol–water partition coefficient (Wildman–Crippen LogP) is 4.44. The maximum atomic E-state index is 13.8. The Kier molecular flexibility index (Phi) is 3.05. The molecule has 0 saturated carbocycles. The molecular weight excluding hydrogens is 295 g/mol. The van der Waals surface area contributed by atoms with Crippen molar-refractivity contribution in [3.05, 3.63) is 65.6 Å². The van der Waals surface area contributed by atoms with Gasteiger partial charge in [-0.1, -0.05) is 30.3 Å². The summed E-state index contributed by atoms with van der Waals surface area (Å²) < 4.78 is 19.0. The van der Waals surface area contributed by atoms with E-state index in [2.05, 4.69) is 9.98 Å². The van der Waals surface area contributed by atoms with Gasteiger partial charge in [-0.25, -0.2) is 9.37 Å². The van der Waals surface area contributed by atoms with Crippen molar-refractivity contribution in [1.29, 1.82) is 0 Å². The lowest BCUT2D eigenvalue weighted by atomic mass is 10.1. The van der Waals surface area contributed by atoms with Gasteiger partial charge in [-0.15, -0.1) is 0 Å². The normalized spacial score (nSPS) is 14.4. The Morgan fingerprint density at radius 2 is 1.74 bits per heavy atom. The quantitative estimate of drug-likeness (QED) is 0.761. The summed E-state index contributed by atoms with van der Waals surface area (Å²) in [7, 11) is 0. The average molecular weight is 306 g/mol. The van der Waals surface area contributed by atoms with Crippen LogP contribution in [0.15, 0.2) is 57.9 Å². The highest BCUT2D eigenvalue weighted by Gasteiger charge is 2.17. The number of halogens is 1. The first-order chi connectivity index (χ1) is 11.2. The summed E-state index contributed by atoms with van der Waals surface area (Å²) in [6.45, 7) is 0. The Morgan fingerprint density at radius 3 is 2.57 bits per heavy atom. The number of nitrogens with zero attached hydrogens (tertiary/aromatic N) is 2. The van der Waals surface area contributed by atoms with Crippen LogP contribution in [-0.4, -0.2) is 16.3 Å². The fourth-order valence-corrected chi connectivity index (χ4v) is 2.47. The fraction of sp³-hybridized carbons (Fsp3) is 0. The lowest BCUT2D eigenvalue weighted by Gasteiger charge is -1.97. The fourth-order valence-electron chi connectivity index (χ4n) is 2.47. The molecule has 5 heteroatoms. The van der Waals surface area contributed by atoms with Gasteiger partial charge in [0, 0.05) is 17.4 Å². The van der Waals surface area contributed by atoms with Crippen molar-refractivity contribution < 1.29 is 13.9 Å². The van der Waals surface area contributed by atoms with Gasteiger partial charge in [0.25, 0.3) is 0 Å². The zero-order valence-electron chi connectivity index (χ0n) is 11.9. The van der Waals surface area contributed by atoms with E-state index in [1.807, 2.05) is 24.3 Å². The van der Waals surface area contributed by atoms with Crippen LogP contribution in [-0.2, 0) is 0 Å². The number of hydrogen-bond acceptors (Lipinski definition) is 4. The molecule has 2 aromatic carbocycles. The molecule has 0 bridgehead atoms. The lowest BCUT2D eigenvalue weighted by molar-refractivity contribution is 0.336. The first kappa shape index (κ1) is 13.5. The number of aliphatic imine (C=N–C) groups is 1. The highest BCUT2D eigenvalue weighted by molar-refractivity contribution is 6.21. The Hall–Kier alpha value is -3.21. The van der Waals surface area contributed by atoms with Crippen molar-refractivity contribution in [3.63, 3.8) is 0 Å². The van der Waals surface area contributed by atoms with Gasteiger partial charge in [-0.2, -0.15) is 0 Å². The molecule has 1 aromatic heterocycles. The zero-order valence-corrected chi connectivity index (χ0v) is 11.9. The minimum absolute atomic E-state index is 0.0377. The minimum Gasteiger partial charge on any atom is -0.479 e. The third kappa shape index (κ3) is 2.32. The van der Waals surface area contributed by atoms with E-state index in [9.17, 15) is 9.50 Å². The molecule has 112 valence electrons. The van der Waals surface area contributed by atoms with E-state index in [1.54, 1.807) is 30.5 Å². The lowest BCUT2D eigenvalue weighted by Crippen LogP contribution is -1.84. The molecule has 0 saturated heterocycles. The number of hydrogen-bond donors (Lipinski definition) is 1. The summed E-state index contributed by atoms with van der Waals surface area (Å²) in [6, 6.07) is 13.8. The van der Waals surface area contributed by atoms with E-state index in [-0.39, 0.29) is 23.1 Å². The second-order valence-corrected chi connectivity index (χ2v) is 5.06. The van der Waals surface area contributed by atoms with Crippen LogP contribution < -0.4 is 0 Å². The van der Waals surface area contributed by atoms with Gasteiger partial charge in [-0.05, 0) is 24.3 Å². The molecule has 23 heavy (non-hydrogen) atoms. The molecule has 1 aliphatic heterocycles. The van der Waals surface area contributed by atoms with E-state index >= 15 is 0 Å². The summed E-state index contributed by atoms with van der Waals surface area (Å²) in [5, 5.41) is 9.95. The number of rotatable bonds is 2. The summed E-state index contributed by atoms with van der Waals surface area (Å²) in [5.74, 6) is -0.773. The van der Waals surface area contributed by atoms with Crippen molar-refractivity contribution in [2.75, 3.05) is 0 Å². The molecule has 4 rings (SSSR count). The molecule has 3 aromatic rings. The smallest absolute Gasteiger partial charge is 0.310 e. The van der Waals surface area contributed by atoms with Gasteiger partial charge >= 0.3 is 5.95 Å². The van der Waals surface area contributed by atoms with Crippen molar-refractivity contribution in [3.8, 4) is 17.4 Å². The molecule has 2 heterocycles. The largest absolute Gasteiger partial charge is 0.479 e. The van der Waals surface area contributed by atoms with Gasteiger partial charge in [-0.3, -0.25) is 4.99 Å². The third-order valence-corrected chi connectivity index (χ3v) is 3.59. The van der Waals surface area contributed by atoms with Crippen LogP contribution in [0.25, 0.3) is 23.1 Å². The Morgan fingerprint density at radius 1 is 1.00 bits per heavy atom. The number of oxazole rings is 1. The molecule has 0 aliphatic carbocycles. The monoisotopic (exact) mass is 306 g/mol. The van der Waals surface area contributed by atoms with Crippen molar-refractivity contribution in [2.45, 2.75) is 0 Å². The van der Waals surface area contributed by atoms with Crippen LogP contribution in [0.2, 0.25) is 0 Å². The van der Waals surface area contributed by atoms with Crippen LogP contribution in [0.1, 0.15) is 11.3 Å².